The fourth-order valence-corrected chi connectivity index (χ4v) is 2.93. The second-order valence-corrected chi connectivity index (χ2v) is 6.00. The van der Waals surface area contributed by atoms with Gasteiger partial charge < -0.3 is 9.64 Å². The van der Waals surface area contributed by atoms with Crippen LogP contribution in [0.1, 0.15) is 20.3 Å². The van der Waals surface area contributed by atoms with Crippen LogP contribution in [0.15, 0.2) is 53.7 Å². The molecular weight excluding hydrogens is 408 g/mol. The molecule has 0 N–H and O–H groups in total. The van der Waals surface area contributed by atoms with E-state index in [1.54, 1.807) is 18.6 Å². The number of nitrogens with zero attached hydrogens (tertiary/aromatic N) is 4. The SMILES string of the molecule is Br.CCN(CC)CCCOc1nc2cnccn2c(=O)c1-c1ccccc1. The van der Waals surface area contributed by atoms with Crippen molar-refractivity contribution in [2.75, 3.05) is 26.2 Å². The summed E-state index contributed by atoms with van der Waals surface area (Å²) < 4.78 is 7.44. The van der Waals surface area contributed by atoms with Crippen molar-refractivity contribution in [3.8, 4) is 17.0 Å². The summed E-state index contributed by atoms with van der Waals surface area (Å²) in [7, 11) is 0. The van der Waals surface area contributed by atoms with E-state index in [2.05, 4.69) is 28.7 Å². The highest BCUT2D eigenvalue weighted by Crippen LogP contribution is 2.25. The molecule has 0 aliphatic heterocycles. The van der Waals surface area contributed by atoms with Crippen molar-refractivity contribution in [2.45, 2.75) is 20.3 Å². The molecule has 3 aromatic rings. The van der Waals surface area contributed by atoms with E-state index in [-0.39, 0.29) is 22.5 Å². The molecule has 0 saturated heterocycles. The molecule has 27 heavy (non-hydrogen) atoms. The monoisotopic (exact) mass is 432 g/mol. The van der Waals surface area contributed by atoms with Crippen LogP contribution < -0.4 is 10.3 Å². The van der Waals surface area contributed by atoms with Crippen LogP contribution in [-0.4, -0.2) is 45.5 Å². The minimum atomic E-state index is -0.151. The van der Waals surface area contributed by atoms with Crippen LogP contribution in [0.4, 0.5) is 0 Å². The fourth-order valence-electron chi connectivity index (χ4n) is 2.93. The number of ether oxygens (including phenoxy) is 1. The summed E-state index contributed by atoms with van der Waals surface area (Å²) >= 11 is 0. The van der Waals surface area contributed by atoms with Gasteiger partial charge in [0.2, 0.25) is 5.88 Å². The lowest BCUT2D eigenvalue weighted by molar-refractivity contribution is 0.245. The second kappa shape index (κ2) is 10.2. The van der Waals surface area contributed by atoms with E-state index in [1.807, 2.05) is 30.3 Å². The Labute approximate surface area is 169 Å². The molecule has 0 aliphatic carbocycles. The highest BCUT2D eigenvalue weighted by molar-refractivity contribution is 8.93. The minimum Gasteiger partial charge on any atom is -0.477 e. The van der Waals surface area contributed by atoms with E-state index in [0.29, 0.717) is 23.7 Å². The molecule has 3 rings (SSSR count). The summed E-state index contributed by atoms with van der Waals surface area (Å²) in [5, 5.41) is 0. The third kappa shape index (κ3) is 4.93. The Morgan fingerprint density at radius 3 is 2.59 bits per heavy atom. The van der Waals surface area contributed by atoms with E-state index in [1.165, 1.54) is 4.40 Å². The van der Waals surface area contributed by atoms with Gasteiger partial charge in [-0.25, -0.2) is 0 Å². The molecule has 0 aliphatic rings. The summed E-state index contributed by atoms with van der Waals surface area (Å²) in [6.45, 7) is 7.81. The molecule has 144 valence electrons. The molecule has 1 aromatic carbocycles. The highest BCUT2D eigenvalue weighted by Gasteiger charge is 2.16. The van der Waals surface area contributed by atoms with Gasteiger partial charge >= 0.3 is 0 Å². The molecule has 0 bridgehead atoms. The number of rotatable bonds is 8. The Balaban J connectivity index is 0.00000261. The van der Waals surface area contributed by atoms with Crippen molar-refractivity contribution in [1.82, 2.24) is 19.3 Å². The Bertz CT molecular complexity index is 911. The third-order valence-corrected chi connectivity index (χ3v) is 4.42. The van der Waals surface area contributed by atoms with Crippen LogP contribution in [0.25, 0.3) is 16.8 Å². The molecule has 6 nitrogen and oxygen atoms in total. The van der Waals surface area contributed by atoms with E-state index in [4.69, 9.17) is 4.74 Å². The average Bonchev–Trinajstić information content (AvgIpc) is 2.69. The number of halogens is 1. The van der Waals surface area contributed by atoms with Gasteiger partial charge in [-0.05, 0) is 25.1 Å². The molecule has 0 amide bonds. The molecule has 0 atom stereocenters. The van der Waals surface area contributed by atoms with Crippen LogP contribution in [0.3, 0.4) is 0 Å². The summed E-state index contributed by atoms with van der Waals surface area (Å²) in [5.74, 6) is 0.369. The predicted molar refractivity (Wildman–Crippen MR) is 113 cm³/mol. The maximum atomic E-state index is 13.0. The largest absolute Gasteiger partial charge is 0.477 e. The standard InChI is InChI=1S/C20H24N4O2.BrH/c1-3-23(4-2)12-8-14-26-19-18(16-9-6-5-7-10-16)20(25)24-13-11-21-15-17(24)22-19;/h5-7,9-11,13,15H,3-4,8,12,14H2,1-2H3;1H. The number of hydrogen-bond donors (Lipinski definition) is 0. The van der Waals surface area contributed by atoms with Crippen molar-refractivity contribution >= 4 is 22.6 Å². The highest BCUT2D eigenvalue weighted by atomic mass is 79.9. The number of benzene rings is 1. The molecule has 0 radical (unpaired) electrons. The van der Waals surface area contributed by atoms with Gasteiger partial charge in [0.25, 0.3) is 5.56 Å². The number of aromatic nitrogens is 3. The van der Waals surface area contributed by atoms with E-state index in [9.17, 15) is 4.79 Å². The Hall–Kier alpha value is -2.25. The minimum absolute atomic E-state index is 0. The first-order valence-corrected chi connectivity index (χ1v) is 9.01. The van der Waals surface area contributed by atoms with E-state index < -0.39 is 0 Å². The lowest BCUT2D eigenvalue weighted by atomic mass is 10.1. The number of hydrogen-bond acceptors (Lipinski definition) is 5. The van der Waals surface area contributed by atoms with Crippen LogP contribution in [0.5, 0.6) is 5.88 Å². The normalized spacial score (nSPS) is 10.8. The molecule has 2 heterocycles. The van der Waals surface area contributed by atoms with Crippen molar-refractivity contribution in [1.29, 1.82) is 0 Å². The Morgan fingerprint density at radius 1 is 1.15 bits per heavy atom. The Kier molecular flexibility index (Phi) is 7.94. The van der Waals surface area contributed by atoms with E-state index in [0.717, 1.165) is 31.6 Å². The molecule has 7 heteroatoms. The maximum Gasteiger partial charge on any atom is 0.269 e. The smallest absolute Gasteiger partial charge is 0.269 e. The molecule has 0 fully saturated rings. The van der Waals surface area contributed by atoms with Crippen molar-refractivity contribution in [3.05, 3.63) is 59.3 Å². The van der Waals surface area contributed by atoms with Crippen LogP contribution >= 0.6 is 17.0 Å². The van der Waals surface area contributed by atoms with Gasteiger partial charge in [0.15, 0.2) is 5.65 Å². The molecule has 0 unspecified atom stereocenters. The third-order valence-electron chi connectivity index (χ3n) is 4.42. The zero-order valence-electron chi connectivity index (χ0n) is 15.7. The lowest BCUT2D eigenvalue weighted by Crippen LogP contribution is -2.25. The average molecular weight is 433 g/mol. The van der Waals surface area contributed by atoms with Gasteiger partial charge in [0, 0.05) is 18.9 Å². The van der Waals surface area contributed by atoms with Crippen LogP contribution in [0.2, 0.25) is 0 Å². The zero-order valence-corrected chi connectivity index (χ0v) is 17.4. The zero-order chi connectivity index (χ0) is 18.4. The summed E-state index contributed by atoms with van der Waals surface area (Å²) in [4.78, 5) is 23.9. The van der Waals surface area contributed by atoms with Crippen LogP contribution in [0, 0.1) is 0 Å². The molecule has 2 aromatic heterocycles. The summed E-state index contributed by atoms with van der Waals surface area (Å²) in [5.41, 5.74) is 1.62. The quantitative estimate of drug-likeness (QED) is 0.510. The summed E-state index contributed by atoms with van der Waals surface area (Å²) in [6, 6.07) is 9.52. The lowest BCUT2D eigenvalue weighted by Gasteiger charge is -2.18. The predicted octanol–water partition coefficient (Wildman–Crippen LogP) is 3.45. The van der Waals surface area contributed by atoms with Crippen LogP contribution in [-0.2, 0) is 0 Å². The molecular formula is C20H25BrN4O2. The molecule has 0 spiro atoms. The van der Waals surface area contributed by atoms with E-state index >= 15 is 0 Å². The first-order chi connectivity index (χ1) is 12.7. The topological polar surface area (TPSA) is 59.7 Å². The summed E-state index contributed by atoms with van der Waals surface area (Å²) in [6.07, 6.45) is 5.65. The van der Waals surface area contributed by atoms with Crippen molar-refractivity contribution in [2.24, 2.45) is 0 Å². The van der Waals surface area contributed by atoms with Gasteiger partial charge in [0.1, 0.15) is 5.56 Å². The molecule has 0 saturated carbocycles. The van der Waals surface area contributed by atoms with Gasteiger partial charge in [-0.3, -0.25) is 14.2 Å². The van der Waals surface area contributed by atoms with Gasteiger partial charge in [-0.2, -0.15) is 4.98 Å². The van der Waals surface area contributed by atoms with Gasteiger partial charge in [-0.1, -0.05) is 44.2 Å². The maximum absolute atomic E-state index is 13.0. The fraction of sp³-hybridized carbons (Fsp3) is 0.350. The second-order valence-electron chi connectivity index (χ2n) is 6.00. The first kappa shape index (κ1) is 21.1. The Morgan fingerprint density at radius 2 is 1.89 bits per heavy atom. The van der Waals surface area contributed by atoms with Gasteiger partial charge in [-0.15, -0.1) is 17.0 Å². The van der Waals surface area contributed by atoms with Gasteiger partial charge in [0.05, 0.1) is 12.8 Å². The van der Waals surface area contributed by atoms with Crippen molar-refractivity contribution in [3.63, 3.8) is 0 Å². The first-order valence-electron chi connectivity index (χ1n) is 9.01. The number of fused-ring (bicyclic) bond motifs is 1. The van der Waals surface area contributed by atoms with Crippen molar-refractivity contribution < 1.29 is 4.74 Å².